The van der Waals surface area contributed by atoms with E-state index in [4.69, 9.17) is 28.7 Å². The largest absolute Gasteiger partial charge is 0.491 e. The predicted molar refractivity (Wildman–Crippen MR) is 114 cm³/mol. The Morgan fingerprint density at radius 1 is 1.06 bits per heavy atom. The maximum absolute atomic E-state index is 12.9. The molecule has 0 N–H and O–H groups in total. The number of hydrogen-bond donors (Lipinski definition) is 0. The molecule has 1 aromatic carbocycles. The lowest BCUT2D eigenvalue weighted by Gasteiger charge is -2.59. The SMILES string of the molecule is CC(C)Oc1ccc(C(=O)O[C@@H]2O[C@@H]3O[C@@]4(C)CC[C@@H]5[C@H](C)CC[C@@H]([C@H]2C)[C@@]35OO4)cc1. The average molecular weight is 447 g/mol. The van der Waals surface area contributed by atoms with Gasteiger partial charge in [0, 0.05) is 18.3 Å². The summed E-state index contributed by atoms with van der Waals surface area (Å²) >= 11 is 0. The van der Waals surface area contributed by atoms with E-state index >= 15 is 0 Å². The van der Waals surface area contributed by atoms with Crippen molar-refractivity contribution in [2.24, 2.45) is 23.7 Å². The molecule has 1 spiro atoms. The second kappa shape index (κ2) is 7.97. The lowest BCUT2D eigenvalue weighted by Crippen LogP contribution is -2.70. The molecule has 1 aromatic rings. The molecule has 1 saturated carbocycles. The van der Waals surface area contributed by atoms with Crippen molar-refractivity contribution >= 4 is 5.97 Å². The summed E-state index contributed by atoms with van der Waals surface area (Å²) in [4.78, 5) is 24.9. The monoisotopic (exact) mass is 446 g/mol. The van der Waals surface area contributed by atoms with E-state index in [9.17, 15) is 4.79 Å². The smallest absolute Gasteiger partial charge is 0.340 e. The van der Waals surface area contributed by atoms with E-state index in [1.165, 1.54) is 0 Å². The Balaban J connectivity index is 1.37. The minimum absolute atomic E-state index is 0.0524. The van der Waals surface area contributed by atoms with Crippen molar-refractivity contribution in [3.63, 3.8) is 0 Å². The molecular weight excluding hydrogens is 412 g/mol. The molecular formula is C25H34O7. The molecule has 32 heavy (non-hydrogen) atoms. The zero-order valence-electron chi connectivity index (χ0n) is 19.5. The van der Waals surface area contributed by atoms with Crippen LogP contribution in [0.3, 0.4) is 0 Å². The Morgan fingerprint density at radius 3 is 2.53 bits per heavy atom. The van der Waals surface area contributed by atoms with Crippen LogP contribution < -0.4 is 4.74 Å². The first-order valence-corrected chi connectivity index (χ1v) is 11.9. The van der Waals surface area contributed by atoms with E-state index in [0.29, 0.717) is 11.5 Å². The van der Waals surface area contributed by atoms with Crippen LogP contribution in [0, 0.1) is 23.7 Å². The van der Waals surface area contributed by atoms with Gasteiger partial charge in [0.05, 0.1) is 11.7 Å². The standard InChI is InChI=1S/C25H34O7/c1-14(2)27-18-9-7-17(8-10-18)21(26)28-22-16(4)20-11-6-15(3)19-12-13-24(5)30-23(29-22)25(19,20)32-31-24/h7-10,14-16,19-20,22-23H,6,11-13H2,1-5H3/t15-,16-,19-,20+,22-,23-,24-,25-/m1/s1. The van der Waals surface area contributed by atoms with Gasteiger partial charge >= 0.3 is 5.97 Å². The molecule has 6 rings (SSSR count). The van der Waals surface area contributed by atoms with Crippen molar-refractivity contribution in [1.82, 2.24) is 0 Å². The molecule has 0 radical (unpaired) electrons. The van der Waals surface area contributed by atoms with Gasteiger partial charge in [-0.15, -0.1) is 0 Å². The van der Waals surface area contributed by atoms with Crippen LogP contribution >= 0.6 is 0 Å². The molecule has 0 unspecified atom stereocenters. The topological polar surface area (TPSA) is 72.5 Å². The van der Waals surface area contributed by atoms with Gasteiger partial charge in [0.15, 0.2) is 11.9 Å². The van der Waals surface area contributed by atoms with Crippen molar-refractivity contribution < 1.29 is 33.5 Å². The highest BCUT2D eigenvalue weighted by atomic mass is 17.3. The minimum atomic E-state index is -0.848. The van der Waals surface area contributed by atoms with E-state index in [2.05, 4.69) is 13.8 Å². The Hall–Kier alpha value is -1.67. The Labute approximate surface area is 189 Å². The number of carbonyl (C=O) groups excluding carboxylic acids is 1. The highest BCUT2D eigenvalue weighted by Crippen LogP contribution is 2.60. The molecule has 1 aliphatic carbocycles. The van der Waals surface area contributed by atoms with Crippen molar-refractivity contribution in [3.05, 3.63) is 29.8 Å². The van der Waals surface area contributed by atoms with E-state index in [1.54, 1.807) is 24.3 Å². The lowest BCUT2D eigenvalue weighted by atomic mass is 9.58. The summed E-state index contributed by atoms with van der Waals surface area (Å²) in [6.45, 7) is 10.2. The Kier molecular flexibility index (Phi) is 5.52. The van der Waals surface area contributed by atoms with Gasteiger partial charge in [0.2, 0.25) is 12.1 Å². The number of carbonyl (C=O) groups is 1. The third-order valence-corrected chi connectivity index (χ3v) is 7.78. The number of fused-ring (bicyclic) bond motifs is 2. The van der Waals surface area contributed by atoms with Crippen LogP contribution in [0.15, 0.2) is 24.3 Å². The predicted octanol–water partition coefficient (Wildman–Crippen LogP) is 4.84. The van der Waals surface area contributed by atoms with Crippen LogP contribution in [0.5, 0.6) is 5.75 Å². The van der Waals surface area contributed by atoms with E-state index in [-0.39, 0.29) is 23.9 Å². The molecule has 7 heteroatoms. The Bertz CT molecular complexity index is 854. The van der Waals surface area contributed by atoms with Gasteiger partial charge in [-0.1, -0.05) is 13.8 Å². The summed E-state index contributed by atoms with van der Waals surface area (Å²) < 4.78 is 24.2. The maximum Gasteiger partial charge on any atom is 0.340 e. The lowest BCUT2D eigenvalue weighted by molar-refractivity contribution is -0.576. The van der Waals surface area contributed by atoms with Crippen LogP contribution in [0.2, 0.25) is 0 Å². The number of benzene rings is 1. The van der Waals surface area contributed by atoms with E-state index < -0.39 is 29.9 Å². The van der Waals surface area contributed by atoms with Crippen molar-refractivity contribution in [3.8, 4) is 5.75 Å². The first-order chi connectivity index (χ1) is 15.2. The van der Waals surface area contributed by atoms with E-state index in [0.717, 1.165) is 31.4 Å². The fraction of sp³-hybridized carbons (Fsp3) is 0.720. The zero-order valence-corrected chi connectivity index (χ0v) is 19.5. The molecule has 2 bridgehead atoms. The van der Waals surface area contributed by atoms with Crippen molar-refractivity contribution in [1.29, 1.82) is 0 Å². The van der Waals surface area contributed by atoms with Crippen LogP contribution in [-0.4, -0.2) is 36.0 Å². The van der Waals surface area contributed by atoms with Gasteiger partial charge in [0.25, 0.3) is 0 Å². The van der Waals surface area contributed by atoms with Gasteiger partial charge in [0.1, 0.15) is 5.75 Å². The molecule has 0 aromatic heterocycles. The van der Waals surface area contributed by atoms with Gasteiger partial charge < -0.3 is 18.9 Å². The molecule has 5 fully saturated rings. The first-order valence-electron chi connectivity index (χ1n) is 11.9. The molecule has 5 aliphatic rings. The summed E-state index contributed by atoms with van der Waals surface area (Å²) in [5, 5.41) is 0. The molecule has 4 heterocycles. The maximum atomic E-state index is 12.9. The fourth-order valence-corrected chi connectivity index (χ4v) is 6.12. The number of rotatable bonds is 4. The highest BCUT2D eigenvalue weighted by Gasteiger charge is 2.69. The number of esters is 1. The quantitative estimate of drug-likeness (QED) is 0.484. The average Bonchev–Trinajstić information content (AvgIpc) is 2.98. The summed E-state index contributed by atoms with van der Waals surface area (Å²) in [7, 11) is 0. The van der Waals surface area contributed by atoms with Crippen LogP contribution in [-0.2, 0) is 24.0 Å². The van der Waals surface area contributed by atoms with Crippen LogP contribution in [0.1, 0.15) is 70.7 Å². The molecule has 8 atom stereocenters. The van der Waals surface area contributed by atoms with Crippen molar-refractivity contribution in [2.45, 2.75) is 90.4 Å². The third kappa shape index (κ3) is 3.54. The van der Waals surface area contributed by atoms with E-state index in [1.807, 2.05) is 20.8 Å². The summed E-state index contributed by atoms with van der Waals surface area (Å²) in [5.41, 5.74) is -0.201. The van der Waals surface area contributed by atoms with Gasteiger partial charge in [-0.2, -0.15) is 0 Å². The minimum Gasteiger partial charge on any atom is -0.491 e. The normalized spacial score (nSPS) is 42.8. The molecule has 176 valence electrons. The van der Waals surface area contributed by atoms with Gasteiger partial charge in [-0.05, 0) is 76.1 Å². The second-order valence-electron chi connectivity index (χ2n) is 10.4. The summed E-state index contributed by atoms with van der Waals surface area (Å²) in [6, 6.07) is 7.00. The van der Waals surface area contributed by atoms with Crippen molar-refractivity contribution in [2.75, 3.05) is 0 Å². The van der Waals surface area contributed by atoms with Crippen LogP contribution in [0.4, 0.5) is 0 Å². The third-order valence-electron chi connectivity index (χ3n) is 7.78. The van der Waals surface area contributed by atoms with Crippen LogP contribution in [0.25, 0.3) is 0 Å². The van der Waals surface area contributed by atoms with Gasteiger partial charge in [-0.25, -0.2) is 14.6 Å². The first kappa shape index (κ1) is 22.1. The molecule has 4 saturated heterocycles. The fourth-order valence-electron chi connectivity index (χ4n) is 6.12. The second-order valence-corrected chi connectivity index (χ2v) is 10.4. The zero-order chi connectivity index (χ0) is 22.7. The molecule has 7 nitrogen and oxygen atoms in total. The molecule has 0 amide bonds. The van der Waals surface area contributed by atoms with Gasteiger partial charge in [-0.3, -0.25) is 0 Å². The number of hydrogen-bond acceptors (Lipinski definition) is 7. The number of ether oxygens (including phenoxy) is 4. The summed E-state index contributed by atoms with van der Waals surface area (Å²) in [6.07, 6.45) is 2.51. The Morgan fingerprint density at radius 2 is 1.81 bits per heavy atom. The summed E-state index contributed by atoms with van der Waals surface area (Å²) in [5.74, 6) is 0.284. The molecule has 4 aliphatic heterocycles. The highest BCUT2D eigenvalue weighted by molar-refractivity contribution is 5.89.